The Morgan fingerprint density at radius 3 is 2.41 bits per heavy atom. The van der Waals surface area contributed by atoms with Gasteiger partial charge in [-0.3, -0.25) is 0 Å². The first-order valence-corrected chi connectivity index (χ1v) is 8.64. The van der Waals surface area contributed by atoms with Crippen molar-refractivity contribution in [3.05, 3.63) is 23.3 Å². The summed E-state index contributed by atoms with van der Waals surface area (Å²) < 4.78 is 32.4. The van der Waals surface area contributed by atoms with Gasteiger partial charge in [0.15, 0.2) is 0 Å². The van der Waals surface area contributed by atoms with Crippen LogP contribution in [0.1, 0.15) is 17.5 Å². The minimum absolute atomic E-state index is 0. The SMILES string of the molecule is CNCC1CCN(S(=O)(=O)c2cc(C)c(OC)c(C)c2)C1.Cl. The highest BCUT2D eigenvalue weighted by atomic mass is 35.5. The zero-order chi connectivity index (χ0) is 15.6. The second-order valence-electron chi connectivity index (χ2n) is 5.67. The largest absolute Gasteiger partial charge is 0.496 e. The number of nitrogens with zero attached hydrogens (tertiary/aromatic N) is 1. The summed E-state index contributed by atoms with van der Waals surface area (Å²) in [6, 6.07) is 3.40. The number of sulfonamides is 1. The van der Waals surface area contributed by atoms with Crippen molar-refractivity contribution in [1.29, 1.82) is 0 Å². The normalized spacial score (nSPS) is 19.0. The summed E-state index contributed by atoms with van der Waals surface area (Å²) in [6.45, 7) is 5.79. The van der Waals surface area contributed by atoms with Crippen molar-refractivity contribution in [3.8, 4) is 5.75 Å². The molecule has 1 saturated heterocycles. The fourth-order valence-electron chi connectivity index (χ4n) is 3.00. The average Bonchev–Trinajstić information content (AvgIpc) is 2.88. The van der Waals surface area contributed by atoms with Crippen LogP contribution in [0.4, 0.5) is 0 Å². The molecule has 0 radical (unpaired) electrons. The quantitative estimate of drug-likeness (QED) is 0.883. The minimum atomic E-state index is -3.41. The molecule has 2 rings (SSSR count). The number of methoxy groups -OCH3 is 1. The van der Waals surface area contributed by atoms with Gasteiger partial charge >= 0.3 is 0 Å². The lowest BCUT2D eigenvalue weighted by Crippen LogP contribution is -2.30. The van der Waals surface area contributed by atoms with E-state index in [1.165, 1.54) is 0 Å². The van der Waals surface area contributed by atoms with Crippen LogP contribution in [0.2, 0.25) is 0 Å². The Balaban J connectivity index is 0.00000242. The topological polar surface area (TPSA) is 58.6 Å². The Morgan fingerprint density at radius 2 is 1.91 bits per heavy atom. The van der Waals surface area contributed by atoms with E-state index in [1.807, 2.05) is 20.9 Å². The van der Waals surface area contributed by atoms with Gasteiger partial charge in [-0.1, -0.05) is 0 Å². The predicted molar refractivity (Wildman–Crippen MR) is 90.5 cm³/mol. The Kier molecular flexibility index (Phi) is 6.67. The fraction of sp³-hybridized carbons (Fsp3) is 0.600. The fourth-order valence-corrected chi connectivity index (χ4v) is 4.70. The first kappa shape index (κ1) is 19.2. The Hall–Kier alpha value is -0.820. The molecule has 1 aromatic carbocycles. The van der Waals surface area contributed by atoms with Gasteiger partial charge in [-0.25, -0.2) is 8.42 Å². The van der Waals surface area contributed by atoms with Gasteiger partial charge in [0.1, 0.15) is 5.75 Å². The molecule has 0 aromatic heterocycles. The molecule has 126 valence electrons. The van der Waals surface area contributed by atoms with Gasteiger partial charge in [0, 0.05) is 13.1 Å². The second-order valence-corrected chi connectivity index (χ2v) is 7.60. The first-order valence-electron chi connectivity index (χ1n) is 7.20. The molecule has 0 saturated carbocycles. The van der Waals surface area contributed by atoms with Crippen LogP contribution < -0.4 is 10.1 Å². The predicted octanol–water partition coefficient (Wildman–Crippen LogP) is 1.96. The van der Waals surface area contributed by atoms with Crippen LogP contribution >= 0.6 is 12.4 Å². The molecule has 1 unspecified atom stereocenters. The zero-order valence-corrected chi connectivity index (χ0v) is 15.2. The van der Waals surface area contributed by atoms with E-state index in [4.69, 9.17) is 4.74 Å². The number of halogens is 1. The van der Waals surface area contributed by atoms with Crippen LogP contribution in [0.3, 0.4) is 0 Å². The van der Waals surface area contributed by atoms with E-state index in [0.29, 0.717) is 23.9 Å². The lowest BCUT2D eigenvalue weighted by atomic mass is 10.1. The standard InChI is InChI=1S/C15H24N2O3S.ClH/c1-11-7-14(8-12(2)15(11)20-4)21(18,19)17-6-5-13(10-17)9-16-3;/h7-8,13,16H,5-6,9-10H2,1-4H3;1H. The zero-order valence-electron chi connectivity index (χ0n) is 13.5. The highest BCUT2D eigenvalue weighted by molar-refractivity contribution is 7.89. The molecule has 1 aliphatic rings. The summed E-state index contributed by atoms with van der Waals surface area (Å²) in [4.78, 5) is 0.364. The van der Waals surface area contributed by atoms with Gasteiger partial charge in [-0.05, 0) is 63.0 Å². The molecule has 1 aliphatic heterocycles. The number of ether oxygens (including phenoxy) is 1. The molecule has 1 atom stereocenters. The number of hydrogen-bond donors (Lipinski definition) is 1. The van der Waals surface area contributed by atoms with Crippen molar-refractivity contribution in [1.82, 2.24) is 9.62 Å². The highest BCUT2D eigenvalue weighted by Gasteiger charge is 2.32. The Bertz CT molecular complexity index is 596. The lowest BCUT2D eigenvalue weighted by molar-refractivity contribution is 0.407. The molecular weight excluding hydrogens is 324 g/mol. The molecule has 1 N–H and O–H groups in total. The molecule has 1 fully saturated rings. The number of aryl methyl sites for hydroxylation is 2. The van der Waals surface area contributed by atoms with E-state index in [9.17, 15) is 8.42 Å². The minimum Gasteiger partial charge on any atom is -0.496 e. The van der Waals surface area contributed by atoms with Crippen molar-refractivity contribution in [3.63, 3.8) is 0 Å². The van der Waals surface area contributed by atoms with Crippen LogP contribution in [0.25, 0.3) is 0 Å². The van der Waals surface area contributed by atoms with Gasteiger partial charge in [0.05, 0.1) is 12.0 Å². The van der Waals surface area contributed by atoms with E-state index in [2.05, 4.69) is 5.32 Å². The number of nitrogens with one attached hydrogen (secondary N) is 1. The second kappa shape index (κ2) is 7.64. The van der Waals surface area contributed by atoms with Crippen molar-refractivity contribution in [2.24, 2.45) is 5.92 Å². The van der Waals surface area contributed by atoms with Crippen LogP contribution in [0.5, 0.6) is 5.75 Å². The molecule has 5 nitrogen and oxygen atoms in total. The van der Waals surface area contributed by atoms with E-state index < -0.39 is 10.0 Å². The van der Waals surface area contributed by atoms with Crippen LogP contribution in [-0.2, 0) is 10.0 Å². The summed E-state index contributed by atoms with van der Waals surface area (Å²) in [5.74, 6) is 1.15. The Morgan fingerprint density at radius 1 is 1.32 bits per heavy atom. The molecule has 22 heavy (non-hydrogen) atoms. The van der Waals surface area contributed by atoms with Gasteiger partial charge in [0.2, 0.25) is 10.0 Å². The van der Waals surface area contributed by atoms with Crippen molar-refractivity contribution in [2.45, 2.75) is 25.2 Å². The number of hydrogen-bond acceptors (Lipinski definition) is 4. The highest BCUT2D eigenvalue weighted by Crippen LogP contribution is 2.30. The van der Waals surface area contributed by atoms with E-state index >= 15 is 0 Å². The van der Waals surface area contributed by atoms with E-state index in [0.717, 1.165) is 29.8 Å². The summed E-state index contributed by atoms with van der Waals surface area (Å²) in [5.41, 5.74) is 1.70. The molecular formula is C15H25ClN2O3S. The monoisotopic (exact) mass is 348 g/mol. The first-order chi connectivity index (χ1) is 9.90. The van der Waals surface area contributed by atoms with E-state index in [-0.39, 0.29) is 12.4 Å². The van der Waals surface area contributed by atoms with Crippen molar-refractivity contribution < 1.29 is 13.2 Å². The smallest absolute Gasteiger partial charge is 0.243 e. The molecule has 0 aliphatic carbocycles. The third-order valence-electron chi connectivity index (χ3n) is 4.02. The summed E-state index contributed by atoms with van der Waals surface area (Å²) >= 11 is 0. The molecule has 0 bridgehead atoms. The maximum Gasteiger partial charge on any atom is 0.243 e. The number of rotatable bonds is 5. The van der Waals surface area contributed by atoms with Crippen LogP contribution in [0.15, 0.2) is 17.0 Å². The maximum absolute atomic E-state index is 12.8. The third-order valence-corrected chi connectivity index (χ3v) is 5.86. The molecule has 0 spiro atoms. The van der Waals surface area contributed by atoms with Gasteiger partial charge in [-0.15, -0.1) is 12.4 Å². The van der Waals surface area contributed by atoms with Crippen LogP contribution in [0, 0.1) is 19.8 Å². The lowest BCUT2D eigenvalue weighted by Gasteiger charge is -2.18. The molecule has 7 heteroatoms. The van der Waals surface area contributed by atoms with Crippen molar-refractivity contribution in [2.75, 3.05) is 33.8 Å². The summed E-state index contributed by atoms with van der Waals surface area (Å²) in [5, 5.41) is 3.12. The maximum atomic E-state index is 12.8. The average molecular weight is 349 g/mol. The van der Waals surface area contributed by atoms with Gasteiger partial charge in [0.25, 0.3) is 0 Å². The molecule has 0 amide bonds. The summed E-state index contributed by atoms with van der Waals surface area (Å²) in [6.07, 6.45) is 0.911. The molecule has 1 heterocycles. The van der Waals surface area contributed by atoms with Gasteiger partial charge in [-0.2, -0.15) is 4.31 Å². The Labute approximate surface area is 139 Å². The van der Waals surface area contributed by atoms with Crippen LogP contribution in [-0.4, -0.2) is 46.5 Å². The van der Waals surface area contributed by atoms with Gasteiger partial charge < -0.3 is 10.1 Å². The molecule has 1 aromatic rings. The van der Waals surface area contributed by atoms with Crippen molar-refractivity contribution >= 4 is 22.4 Å². The summed E-state index contributed by atoms with van der Waals surface area (Å²) in [7, 11) is 0.0898. The third kappa shape index (κ3) is 3.74. The number of benzene rings is 1. The van der Waals surface area contributed by atoms with E-state index in [1.54, 1.807) is 23.5 Å².